The van der Waals surface area contributed by atoms with Crippen molar-refractivity contribution in [3.05, 3.63) is 35.2 Å². The zero-order valence-corrected chi connectivity index (χ0v) is 66.1. The molecule has 12 amide bonds. The molecule has 0 radical (unpaired) electrons. The number of nitrogens with one attached hydrogen (secondary N) is 10. The number of carboxylic acid groups (broad SMARTS) is 1. The number of primary amides is 2. The first kappa shape index (κ1) is 95.0. The van der Waals surface area contributed by atoms with Crippen molar-refractivity contribution in [1.29, 1.82) is 0 Å². The van der Waals surface area contributed by atoms with E-state index in [9.17, 15) is 72.9 Å². The average molecular weight is 1640 g/mol. The van der Waals surface area contributed by atoms with Crippen molar-refractivity contribution in [2.45, 2.75) is 158 Å². The van der Waals surface area contributed by atoms with Crippen molar-refractivity contribution in [2.24, 2.45) is 23.3 Å². The van der Waals surface area contributed by atoms with Gasteiger partial charge in [0.05, 0.1) is 163 Å². The van der Waals surface area contributed by atoms with Crippen LogP contribution in [0.4, 0.5) is 4.79 Å². The second kappa shape index (κ2) is 52.0. The van der Waals surface area contributed by atoms with Crippen LogP contribution >= 0.6 is 11.8 Å². The summed E-state index contributed by atoms with van der Waals surface area (Å²) in [6.07, 6.45) is -1.87. The third-order valence-electron chi connectivity index (χ3n) is 18.0. The fraction of sp³-hybridized carbons (Fsp3) is 0.686. The van der Waals surface area contributed by atoms with E-state index in [0.717, 1.165) is 4.90 Å². The molecule has 0 spiro atoms. The highest BCUT2D eigenvalue weighted by molar-refractivity contribution is 7.98. The Hall–Kier alpha value is -8.60. The summed E-state index contributed by atoms with van der Waals surface area (Å²) in [5, 5.41) is 71.7. The molecule has 0 bridgehead atoms. The number of benzene rings is 1. The maximum absolute atomic E-state index is 15.3. The molecule has 0 aliphatic carbocycles. The summed E-state index contributed by atoms with van der Waals surface area (Å²) in [6.45, 7) is 10.3. The van der Waals surface area contributed by atoms with E-state index < -0.39 is 181 Å². The number of urea groups is 1. The minimum atomic E-state index is -2.47. The number of carboxylic acids is 1. The number of aliphatic hydroxyl groups is 3. The second-order valence-corrected chi connectivity index (χ2v) is 29.0. The fourth-order valence-electron chi connectivity index (χ4n) is 11.5. The topological polar surface area (TPSA) is 593 Å². The molecular formula is C70H112N16O25S2. The average Bonchev–Trinajstić information content (AvgIpc) is 1.63. The van der Waals surface area contributed by atoms with Crippen molar-refractivity contribution >= 4 is 105 Å². The minimum absolute atomic E-state index is 0.0527. The van der Waals surface area contributed by atoms with Crippen LogP contribution in [-0.2, 0) is 122 Å². The Morgan fingerprint density at radius 3 is 1.99 bits per heavy atom. The number of unbranched alkanes of at least 4 members (excludes halogenated alkanes) is 1. The zero-order chi connectivity index (χ0) is 82.8. The molecule has 43 heteroatoms. The number of aliphatic carboxylic acids is 1. The van der Waals surface area contributed by atoms with Gasteiger partial charge in [-0.05, 0) is 36.6 Å². The number of nitrogens with zero attached hydrogens (tertiary/aromatic N) is 4. The van der Waals surface area contributed by atoms with E-state index >= 15 is 4.55 Å². The first-order valence-corrected chi connectivity index (χ1v) is 39.9. The lowest BCUT2D eigenvalue weighted by atomic mass is 9.93. The molecule has 3 aromatic rings. The lowest BCUT2D eigenvalue weighted by Gasteiger charge is -2.32. The Balaban J connectivity index is 1.10. The van der Waals surface area contributed by atoms with Crippen LogP contribution in [0.2, 0.25) is 0 Å². The maximum atomic E-state index is 15.3. The van der Waals surface area contributed by atoms with Gasteiger partial charge in [0.1, 0.15) is 47.4 Å². The fourth-order valence-corrected chi connectivity index (χ4v) is 14.0. The van der Waals surface area contributed by atoms with Crippen LogP contribution in [0.5, 0.6) is 5.75 Å². The van der Waals surface area contributed by atoms with Gasteiger partial charge in [-0.15, -0.1) is 5.10 Å². The molecule has 2 aromatic heterocycles. The highest BCUT2D eigenvalue weighted by atomic mass is 32.2. The summed E-state index contributed by atoms with van der Waals surface area (Å²) >= 11 is -0.997. The number of methoxy groups -OCH3 is 1. The Morgan fingerprint density at radius 2 is 1.40 bits per heavy atom. The number of aromatic amines is 1. The molecule has 1 aromatic carbocycles. The number of carbonyl (C=O) groups excluding carboxylic acids is 11. The first-order chi connectivity index (χ1) is 54.2. The van der Waals surface area contributed by atoms with Gasteiger partial charge < -0.3 is 132 Å². The van der Waals surface area contributed by atoms with Crippen molar-refractivity contribution in [3.63, 3.8) is 0 Å². The summed E-state index contributed by atoms with van der Waals surface area (Å²) in [7, 11) is 1.42. The summed E-state index contributed by atoms with van der Waals surface area (Å²) < 4.78 is 61.5. The van der Waals surface area contributed by atoms with Crippen LogP contribution in [-0.4, -0.2) is 313 Å². The number of thioether (sulfide) groups is 1. The summed E-state index contributed by atoms with van der Waals surface area (Å²) in [4.78, 5) is 163. The SMILES string of the molecule is CCC(=O)N[C@H](C(=O)NCC(=O)N[C@H]1C[S+]([O-])c2[nH]c3c(CSCCCCNC(=O)NCCOCCOCCOCCOCCOCCOCCOCCn4cc(CNC(=O)CCC(=O)O)nn4)c(OC)ccc3c2C[C@@H](C(N)=O)NC(=O)[C@H]([C@@H](C)[C@@H](O)CO)NC(=O)C2C[C@@H](O)CN2C(=O)[C@H](CC(N)=O)NC1=O)[C@@H](C)CC. The molecule has 11 atom stereocenters. The van der Waals surface area contributed by atoms with Gasteiger partial charge in [-0.25, -0.2) is 9.48 Å². The van der Waals surface area contributed by atoms with Crippen molar-refractivity contribution < 1.29 is 120 Å². The van der Waals surface area contributed by atoms with Gasteiger partial charge >= 0.3 is 12.0 Å². The minimum Gasteiger partial charge on any atom is -0.610 e. The number of aromatic nitrogens is 4. The second-order valence-electron chi connectivity index (χ2n) is 26.5. The number of nitrogens with two attached hydrogens (primary N) is 2. The molecule has 1 saturated heterocycles. The number of aliphatic hydroxyl groups excluding tert-OH is 3. The Morgan fingerprint density at radius 1 is 0.770 bits per heavy atom. The van der Waals surface area contributed by atoms with E-state index in [4.69, 9.17) is 54.5 Å². The number of hydrogen-bond donors (Lipinski definition) is 16. The molecular weight excluding hydrogens is 1530 g/mol. The zero-order valence-electron chi connectivity index (χ0n) is 64.5. The van der Waals surface area contributed by atoms with Crippen LogP contribution in [0.3, 0.4) is 0 Å². The molecule has 1 fully saturated rings. The monoisotopic (exact) mass is 1640 g/mol. The molecule has 634 valence electrons. The summed E-state index contributed by atoms with van der Waals surface area (Å²) in [6, 6.07) is -7.13. The largest absolute Gasteiger partial charge is 0.610 e. The van der Waals surface area contributed by atoms with Gasteiger partial charge in [0.25, 0.3) is 0 Å². The molecule has 0 saturated carbocycles. The van der Waals surface area contributed by atoms with Crippen molar-refractivity contribution in [2.75, 3.05) is 144 Å². The number of rotatable bonds is 51. The van der Waals surface area contributed by atoms with Gasteiger partial charge in [-0.2, -0.15) is 11.8 Å². The molecule has 2 aliphatic heterocycles. The highest BCUT2D eigenvalue weighted by Crippen LogP contribution is 2.37. The van der Waals surface area contributed by atoms with Gasteiger partial charge in [-0.1, -0.05) is 39.3 Å². The number of ether oxygens (including phenoxy) is 8. The lowest BCUT2D eigenvalue weighted by molar-refractivity contribution is -0.144. The molecule has 5 rings (SSSR count). The van der Waals surface area contributed by atoms with Crippen LogP contribution in [0.1, 0.15) is 95.9 Å². The summed E-state index contributed by atoms with van der Waals surface area (Å²) in [5.74, 6) is -11.8. The van der Waals surface area contributed by atoms with E-state index in [2.05, 4.69) is 63.1 Å². The Labute approximate surface area is 661 Å². The van der Waals surface area contributed by atoms with Crippen LogP contribution < -0.4 is 64.1 Å². The van der Waals surface area contributed by atoms with Crippen molar-refractivity contribution in [3.8, 4) is 5.75 Å². The molecule has 4 heterocycles. The van der Waals surface area contributed by atoms with Crippen LogP contribution in [0.15, 0.2) is 23.4 Å². The lowest BCUT2D eigenvalue weighted by Crippen LogP contribution is -2.61. The first-order valence-electron chi connectivity index (χ1n) is 37.4. The number of amides is 12. The molecule has 2 unspecified atom stereocenters. The van der Waals surface area contributed by atoms with E-state index in [0.29, 0.717) is 152 Å². The number of H-pyrrole nitrogens is 1. The van der Waals surface area contributed by atoms with E-state index in [-0.39, 0.29) is 61.2 Å². The van der Waals surface area contributed by atoms with Crippen molar-refractivity contribution in [1.82, 2.24) is 72.7 Å². The molecule has 113 heavy (non-hydrogen) atoms. The third-order valence-corrected chi connectivity index (χ3v) is 20.5. The number of carbonyl (C=O) groups is 12. The van der Waals surface area contributed by atoms with Gasteiger partial charge in [0.15, 0.2) is 6.04 Å². The Kier molecular flexibility index (Phi) is 43.7. The standard InChI is InChI=1S/C70H112N16O25S2/c1-6-42(3)60(80-56(91)7-2)66(99)76-36-58(93)77-51-41-113(103)68-47(33-49(63(72)96)78-67(100)61(43(4)53(89)39-87)81-65(98)52-32-45(88)38-86(52)69(101)50(34-55(71)90)79-64(51)97)46-10-11-54(104-5)48(62(46)82-68)40-112-31-9-8-14-73-70(102)74-15-17-105-19-21-107-23-25-109-27-29-111-30-28-110-26-24-108-22-20-106-18-16-85-37-44(83-84-85)35-75-57(92)12-13-59(94)95/h10-11,37,42-43,45,49-53,60-61,82,87-89H,6-9,12-36,38-41H2,1-5H3,(H2,71,90)(H2,72,96)(H,75,92)(H,76,99)(H,77,93)(H,78,100)(H,79,97)(H,80,91)(H,81,98)(H,94,95)(H2,73,74,102)/t42-,43-,45+,49-,50-,51-,52?,53-,60-,61-,113?/m0/s1. The maximum Gasteiger partial charge on any atom is 0.314 e. The van der Waals surface area contributed by atoms with Crippen LogP contribution in [0, 0.1) is 11.8 Å². The third kappa shape index (κ3) is 33.8. The quantitative estimate of drug-likeness (QED) is 0.0187. The van der Waals surface area contributed by atoms with E-state index in [1.165, 1.54) is 25.8 Å². The Bertz CT molecular complexity index is 3540. The number of hydrogen-bond acceptors (Lipinski definition) is 27. The normalized spacial score (nSPS) is 19.4. The predicted molar refractivity (Wildman–Crippen MR) is 405 cm³/mol. The number of fused-ring (bicyclic) bond motifs is 4. The smallest absolute Gasteiger partial charge is 0.314 e. The van der Waals surface area contributed by atoms with Gasteiger partial charge in [-0.3, -0.25) is 52.7 Å². The summed E-state index contributed by atoms with van der Waals surface area (Å²) in [5.41, 5.74) is 13.1. The van der Waals surface area contributed by atoms with Gasteiger partial charge in [0, 0.05) is 84.7 Å². The van der Waals surface area contributed by atoms with Gasteiger partial charge in [0.2, 0.25) is 64.1 Å². The van der Waals surface area contributed by atoms with E-state index in [1.807, 2.05) is 0 Å². The van der Waals surface area contributed by atoms with E-state index in [1.54, 1.807) is 43.8 Å². The molecule has 18 N–H and O–H groups in total. The predicted octanol–water partition coefficient (Wildman–Crippen LogP) is -4.65. The van der Waals surface area contributed by atoms with Crippen LogP contribution in [0.25, 0.3) is 10.9 Å². The molecule has 2 aliphatic rings. The molecule has 41 nitrogen and oxygen atoms in total. The highest BCUT2D eigenvalue weighted by Gasteiger charge is 2.45.